The quantitative estimate of drug-likeness (QED) is 0.674. The first-order chi connectivity index (χ1) is 14.4. The van der Waals surface area contributed by atoms with Crippen LogP contribution in [0.4, 0.5) is 16.0 Å². The van der Waals surface area contributed by atoms with Gasteiger partial charge in [0.05, 0.1) is 17.8 Å². The lowest BCUT2D eigenvalue weighted by molar-refractivity contribution is -0.119. The van der Waals surface area contributed by atoms with Gasteiger partial charge in [0.25, 0.3) is 0 Å². The molecule has 1 amide bonds. The maximum atomic E-state index is 13.6. The molecule has 1 fully saturated rings. The van der Waals surface area contributed by atoms with E-state index in [4.69, 9.17) is 0 Å². The second-order valence-electron chi connectivity index (χ2n) is 7.73. The number of rotatable bonds is 5. The van der Waals surface area contributed by atoms with Crippen LogP contribution in [0.1, 0.15) is 37.7 Å². The average Bonchev–Trinajstić information content (AvgIpc) is 3.15. The standard InChI is InChI=1S/C22H25FN6O/c1-13(16-5-4-6-17(23)9-16)25-22-19-10-21(24-11-20(19)26-14(2)27-22)29-8-7-18(12-29)28-15(3)30/h4-6,9-11,13,18H,7-8,12H2,1-3H3,(H,28,30)(H,25,26,27)/t13?,18-/m1/s1. The minimum absolute atomic E-state index is 0.0185. The molecule has 30 heavy (non-hydrogen) atoms. The van der Waals surface area contributed by atoms with E-state index in [-0.39, 0.29) is 23.8 Å². The molecule has 0 radical (unpaired) electrons. The topological polar surface area (TPSA) is 83.0 Å². The second-order valence-corrected chi connectivity index (χ2v) is 7.73. The van der Waals surface area contributed by atoms with Crippen LogP contribution in [-0.4, -0.2) is 40.0 Å². The third-order valence-electron chi connectivity index (χ3n) is 5.30. The zero-order valence-corrected chi connectivity index (χ0v) is 17.3. The highest BCUT2D eigenvalue weighted by atomic mass is 19.1. The maximum Gasteiger partial charge on any atom is 0.217 e. The minimum atomic E-state index is -0.265. The number of carbonyl (C=O) groups is 1. The molecule has 1 unspecified atom stereocenters. The van der Waals surface area contributed by atoms with Gasteiger partial charge in [0.1, 0.15) is 23.3 Å². The normalized spacial score (nSPS) is 17.2. The van der Waals surface area contributed by atoms with E-state index in [2.05, 4.69) is 30.5 Å². The summed E-state index contributed by atoms with van der Waals surface area (Å²) in [5.74, 6) is 1.87. The number of benzene rings is 1. The Morgan fingerprint density at radius 2 is 2.13 bits per heavy atom. The fourth-order valence-corrected chi connectivity index (χ4v) is 3.86. The molecule has 0 aliphatic carbocycles. The Kier molecular flexibility index (Phi) is 5.48. The number of aromatic nitrogens is 3. The molecule has 0 bridgehead atoms. The number of anilines is 2. The molecule has 2 atom stereocenters. The van der Waals surface area contributed by atoms with Gasteiger partial charge in [-0.3, -0.25) is 4.79 Å². The lowest BCUT2D eigenvalue weighted by Crippen LogP contribution is -2.35. The summed E-state index contributed by atoms with van der Waals surface area (Å²) in [4.78, 5) is 27.2. The number of halogens is 1. The Bertz CT molecular complexity index is 1090. The second kappa shape index (κ2) is 8.22. The molecular weight excluding hydrogens is 383 g/mol. The SMILES string of the molecule is CC(=O)N[C@@H]1CCN(c2cc3c(NC(C)c4cccc(F)c4)nc(C)nc3cn2)C1. The maximum absolute atomic E-state index is 13.6. The van der Waals surface area contributed by atoms with Crippen LogP contribution in [0.15, 0.2) is 36.5 Å². The van der Waals surface area contributed by atoms with Crippen molar-refractivity contribution in [2.24, 2.45) is 0 Å². The molecule has 2 aromatic heterocycles. The van der Waals surface area contributed by atoms with Gasteiger partial charge in [-0.15, -0.1) is 0 Å². The number of pyridine rings is 1. The third-order valence-corrected chi connectivity index (χ3v) is 5.30. The number of carbonyl (C=O) groups excluding carboxylic acids is 1. The number of hydrogen-bond donors (Lipinski definition) is 2. The molecular formula is C22H25FN6O. The number of fused-ring (bicyclic) bond motifs is 1. The lowest BCUT2D eigenvalue weighted by atomic mass is 10.1. The number of hydrogen-bond acceptors (Lipinski definition) is 6. The zero-order valence-electron chi connectivity index (χ0n) is 17.3. The predicted molar refractivity (Wildman–Crippen MR) is 115 cm³/mol. The summed E-state index contributed by atoms with van der Waals surface area (Å²) >= 11 is 0. The number of amides is 1. The Hall–Kier alpha value is -3.29. The monoisotopic (exact) mass is 408 g/mol. The van der Waals surface area contributed by atoms with Crippen molar-refractivity contribution in [1.29, 1.82) is 0 Å². The zero-order chi connectivity index (χ0) is 21.3. The highest BCUT2D eigenvalue weighted by Gasteiger charge is 2.24. The molecule has 4 rings (SSSR count). The van der Waals surface area contributed by atoms with Gasteiger partial charge in [0.2, 0.25) is 5.91 Å². The van der Waals surface area contributed by atoms with Crippen molar-refractivity contribution in [3.8, 4) is 0 Å². The van der Waals surface area contributed by atoms with E-state index in [1.54, 1.807) is 12.3 Å². The molecule has 0 spiro atoms. The summed E-state index contributed by atoms with van der Waals surface area (Å²) < 4.78 is 13.6. The van der Waals surface area contributed by atoms with Gasteiger partial charge in [0, 0.05) is 31.4 Å². The molecule has 1 saturated heterocycles. The van der Waals surface area contributed by atoms with Gasteiger partial charge < -0.3 is 15.5 Å². The summed E-state index contributed by atoms with van der Waals surface area (Å²) in [6.45, 7) is 6.88. The van der Waals surface area contributed by atoms with Crippen molar-refractivity contribution in [3.05, 3.63) is 53.7 Å². The van der Waals surface area contributed by atoms with Crippen molar-refractivity contribution in [3.63, 3.8) is 0 Å². The molecule has 0 saturated carbocycles. The summed E-state index contributed by atoms with van der Waals surface area (Å²) in [6, 6.07) is 8.51. The smallest absolute Gasteiger partial charge is 0.217 e. The fraction of sp³-hybridized carbons (Fsp3) is 0.364. The fourth-order valence-electron chi connectivity index (χ4n) is 3.86. The highest BCUT2D eigenvalue weighted by molar-refractivity contribution is 5.90. The molecule has 156 valence electrons. The average molecular weight is 408 g/mol. The molecule has 3 heterocycles. The summed E-state index contributed by atoms with van der Waals surface area (Å²) in [6.07, 6.45) is 2.63. The van der Waals surface area contributed by atoms with E-state index >= 15 is 0 Å². The van der Waals surface area contributed by atoms with Crippen molar-refractivity contribution < 1.29 is 9.18 Å². The van der Waals surface area contributed by atoms with E-state index in [1.807, 2.05) is 26.0 Å². The van der Waals surface area contributed by atoms with E-state index < -0.39 is 0 Å². The minimum Gasteiger partial charge on any atom is -0.363 e. The first kappa shape index (κ1) is 20.0. The van der Waals surface area contributed by atoms with Crippen LogP contribution in [0.25, 0.3) is 10.9 Å². The van der Waals surface area contributed by atoms with Crippen molar-refractivity contribution >= 4 is 28.4 Å². The lowest BCUT2D eigenvalue weighted by Gasteiger charge is -2.20. The first-order valence-electron chi connectivity index (χ1n) is 10.1. The number of nitrogens with zero attached hydrogens (tertiary/aromatic N) is 4. The molecule has 2 N–H and O–H groups in total. The van der Waals surface area contributed by atoms with Gasteiger partial charge in [-0.1, -0.05) is 12.1 Å². The van der Waals surface area contributed by atoms with E-state index in [0.29, 0.717) is 18.2 Å². The Balaban J connectivity index is 1.63. The van der Waals surface area contributed by atoms with Crippen LogP contribution < -0.4 is 15.5 Å². The van der Waals surface area contributed by atoms with Gasteiger partial charge in [-0.25, -0.2) is 19.3 Å². The Morgan fingerprint density at radius 3 is 2.90 bits per heavy atom. The molecule has 8 heteroatoms. The molecule has 7 nitrogen and oxygen atoms in total. The Morgan fingerprint density at radius 1 is 1.30 bits per heavy atom. The first-order valence-corrected chi connectivity index (χ1v) is 10.1. The van der Waals surface area contributed by atoms with Gasteiger partial charge >= 0.3 is 0 Å². The largest absolute Gasteiger partial charge is 0.363 e. The van der Waals surface area contributed by atoms with Gasteiger partial charge in [-0.05, 0) is 44.0 Å². The summed E-state index contributed by atoms with van der Waals surface area (Å²) in [5, 5.41) is 7.23. The van der Waals surface area contributed by atoms with Gasteiger partial charge in [0.15, 0.2) is 0 Å². The van der Waals surface area contributed by atoms with Crippen LogP contribution in [-0.2, 0) is 4.79 Å². The van der Waals surface area contributed by atoms with E-state index in [0.717, 1.165) is 35.2 Å². The van der Waals surface area contributed by atoms with Crippen molar-refractivity contribution in [2.75, 3.05) is 23.3 Å². The molecule has 3 aromatic rings. The summed E-state index contributed by atoms with van der Waals surface area (Å²) in [5.41, 5.74) is 1.59. The highest BCUT2D eigenvalue weighted by Crippen LogP contribution is 2.28. The van der Waals surface area contributed by atoms with Crippen LogP contribution in [0.3, 0.4) is 0 Å². The number of nitrogens with one attached hydrogen (secondary N) is 2. The van der Waals surface area contributed by atoms with Crippen molar-refractivity contribution in [1.82, 2.24) is 20.3 Å². The van der Waals surface area contributed by atoms with Crippen LogP contribution in [0.5, 0.6) is 0 Å². The van der Waals surface area contributed by atoms with Crippen LogP contribution >= 0.6 is 0 Å². The summed E-state index contributed by atoms with van der Waals surface area (Å²) in [7, 11) is 0. The predicted octanol–water partition coefficient (Wildman–Crippen LogP) is 3.36. The number of aryl methyl sites for hydroxylation is 1. The van der Waals surface area contributed by atoms with Crippen LogP contribution in [0.2, 0.25) is 0 Å². The Labute approximate surface area is 174 Å². The van der Waals surface area contributed by atoms with Gasteiger partial charge in [-0.2, -0.15) is 0 Å². The van der Waals surface area contributed by atoms with Crippen molar-refractivity contribution in [2.45, 2.75) is 39.3 Å². The molecule has 1 aliphatic heterocycles. The molecule has 1 aromatic carbocycles. The van der Waals surface area contributed by atoms with E-state index in [9.17, 15) is 9.18 Å². The molecule has 1 aliphatic rings. The van der Waals surface area contributed by atoms with E-state index in [1.165, 1.54) is 19.1 Å². The third kappa shape index (κ3) is 4.32. The van der Waals surface area contributed by atoms with Crippen LogP contribution in [0, 0.1) is 12.7 Å².